The number of aromatic nitrogens is 6. The highest BCUT2D eigenvalue weighted by Gasteiger charge is 2.24. The highest BCUT2D eigenvalue weighted by molar-refractivity contribution is 6.12. The summed E-state index contributed by atoms with van der Waals surface area (Å²) in [6.45, 7) is 10.5. The number of carbonyl (C=O) groups excluding carboxylic acids is 2. The van der Waals surface area contributed by atoms with Gasteiger partial charge in [0.1, 0.15) is 5.69 Å². The number of hydrogen-bond donors (Lipinski definition) is 2. The van der Waals surface area contributed by atoms with Crippen LogP contribution in [-0.4, -0.2) is 41.2 Å². The molecule has 0 atom stereocenters. The minimum atomic E-state index is -0.367. The van der Waals surface area contributed by atoms with Crippen molar-refractivity contribution in [3.8, 4) is 0 Å². The molecular formula is C19H26N8O2. The fourth-order valence-electron chi connectivity index (χ4n) is 3.28. The van der Waals surface area contributed by atoms with Crippen LogP contribution in [0.5, 0.6) is 0 Å². The zero-order valence-electron chi connectivity index (χ0n) is 17.6. The third-order valence-corrected chi connectivity index (χ3v) is 4.99. The van der Waals surface area contributed by atoms with Crippen LogP contribution in [0.1, 0.15) is 51.8 Å². The second-order valence-corrected chi connectivity index (χ2v) is 6.76. The van der Waals surface area contributed by atoms with E-state index < -0.39 is 0 Å². The molecule has 0 fully saturated rings. The van der Waals surface area contributed by atoms with Gasteiger partial charge in [-0.1, -0.05) is 0 Å². The number of rotatable bonds is 6. The lowest BCUT2D eigenvalue weighted by molar-refractivity contribution is 0.101. The number of nitrogens with zero attached hydrogens (tertiary/aromatic N) is 6. The molecule has 0 aliphatic rings. The van der Waals surface area contributed by atoms with Crippen molar-refractivity contribution in [1.29, 1.82) is 0 Å². The first-order valence-corrected chi connectivity index (χ1v) is 9.49. The van der Waals surface area contributed by atoms with Gasteiger partial charge in [0.15, 0.2) is 0 Å². The lowest BCUT2D eigenvalue weighted by atomic mass is 10.2. The predicted octanol–water partition coefficient (Wildman–Crippen LogP) is 2.28. The summed E-state index contributed by atoms with van der Waals surface area (Å²) in [5.41, 5.74) is 3.98. The molecule has 0 spiro atoms. The van der Waals surface area contributed by atoms with Crippen molar-refractivity contribution in [2.45, 2.75) is 47.7 Å². The molecule has 10 heteroatoms. The molecule has 0 aliphatic carbocycles. The molecule has 10 nitrogen and oxygen atoms in total. The molecule has 3 rings (SSSR count). The number of aryl methyl sites for hydroxylation is 4. The molecule has 3 aromatic rings. The zero-order valence-corrected chi connectivity index (χ0v) is 17.6. The van der Waals surface area contributed by atoms with Crippen molar-refractivity contribution in [3.05, 3.63) is 40.7 Å². The van der Waals surface area contributed by atoms with Crippen molar-refractivity contribution in [2.75, 3.05) is 10.6 Å². The fraction of sp³-hybridized carbons (Fsp3) is 0.421. The Kier molecular flexibility index (Phi) is 5.53. The zero-order chi connectivity index (χ0) is 21.3. The normalized spacial score (nSPS) is 11.0. The lowest BCUT2D eigenvalue weighted by Crippen LogP contribution is -2.21. The van der Waals surface area contributed by atoms with Crippen LogP contribution in [0.3, 0.4) is 0 Å². The largest absolute Gasteiger partial charge is 0.318 e. The maximum atomic E-state index is 13.0. The summed E-state index contributed by atoms with van der Waals surface area (Å²) in [6.07, 6.45) is 3.07. The average Bonchev–Trinajstić information content (AvgIpc) is 3.32. The minimum absolute atomic E-state index is 0.280. The number of amides is 2. The highest BCUT2D eigenvalue weighted by atomic mass is 16.2. The van der Waals surface area contributed by atoms with Gasteiger partial charge in [0.2, 0.25) is 0 Å². The van der Waals surface area contributed by atoms with Crippen molar-refractivity contribution >= 4 is 23.2 Å². The monoisotopic (exact) mass is 398 g/mol. The maximum absolute atomic E-state index is 13.0. The molecule has 0 bridgehead atoms. The number of hydrogen-bond acceptors (Lipinski definition) is 5. The van der Waals surface area contributed by atoms with Crippen LogP contribution in [0.25, 0.3) is 0 Å². The summed E-state index contributed by atoms with van der Waals surface area (Å²) < 4.78 is 5.00. The van der Waals surface area contributed by atoms with Crippen LogP contribution >= 0.6 is 0 Å². The number of nitrogens with one attached hydrogen (secondary N) is 2. The smallest absolute Gasteiger partial charge is 0.276 e. The third kappa shape index (κ3) is 3.65. The molecule has 0 saturated heterocycles. The number of carbonyl (C=O) groups is 2. The summed E-state index contributed by atoms with van der Waals surface area (Å²) in [7, 11) is 1.80. The van der Waals surface area contributed by atoms with Gasteiger partial charge < -0.3 is 10.6 Å². The highest BCUT2D eigenvalue weighted by Crippen LogP contribution is 2.21. The standard InChI is InChI=1S/C19H26N8O2/c1-7-26-13(5)16(11(3)24-26)18(28)23-15-10-21-27(8-2)17(15)19(29)22-14-9-20-25(6)12(14)4/h9-10H,7-8H2,1-6H3,(H,22,29)(H,23,28). The predicted molar refractivity (Wildman–Crippen MR) is 109 cm³/mol. The van der Waals surface area contributed by atoms with Gasteiger partial charge in [0.05, 0.1) is 40.7 Å². The molecule has 3 aromatic heterocycles. The lowest BCUT2D eigenvalue weighted by Gasteiger charge is -2.10. The van der Waals surface area contributed by atoms with Gasteiger partial charge in [0.25, 0.3) is 11.8 Å². The van der Waals surface area contributed by atoms with E-state index in [1.54, 1.807) is 34.2 Å². The Morgan fingerprint density at radius 2 is 1.52 bits per heavy atom. The van der Waals surface area contributed by atoms with Gasteiger partial charge in [-0.25, -0.2) is 0 Å². The fourth-order valence-corrected chi connectivity index (χ4v) is 3.28. The summed E-state index contributed by atoms with van der Waals surface area (Å²) >= 11 is 0. The van der Waals surface area contributed by atoms with Crippen molar-refractivity contribution in [2.24, 2.45) is 7.05 Å². The Balaban J connectivity index is 1.90. The van der Waals surface area contributed by atoms with E-state index in [9.17, 15) is 9.59 Å². The van der Waals surface area contributed by atoms with E-state index in [0.717, 1.165) is 11.4 Å². The maximum Gasteiger partial charge on any atom is 0.276 e. The first-order chi connectivity index (χ1) is 13.8. The van der Waals surface area contributed by atoms with E-state index in [0.29, 0.717) is 35.7 Å². The van der Waals surface area contributed by atoms with Gasteiger partial charge in [-0.2, -0.15) is 15.3 Å². The van der Waals surface area contributed by atoms with Crippen LogP contribution in [0.2, 0.25) is 0 Å². The van der Waals surface area contributed by atoms with Gasteiger partial charge in [-0.3, -0.25) is 23.6 Å². The van der Waals surface area contributed by atoms with E-state index >= 15 is 0 Å². The van der Waals surface area contributed by atoms with Gasteiger partial charge in [-0.15, -0.1) is 0 Å². The van der Waals surface area contributed by atoms with Crippen molar-refractivity contribution < 1.29 is 9.59 Å². The van der Waals surface area contributed by atoms with E-state index in [1.165, 1.54) is 6.20 Å². The van der Waals surface area contributed by atoms with Crippen LogP contribution < -0.4 is 10.6 Å². The molecule has 2 amide bonds. The van der Waals surface area contributed by atoms with E-state index in [4.69, 9.17) is 0 Å². The minimum Gasteiger partial charge on any atom is -0.318 e. The van der Waals surface area contributed by atoms with Gasteiger partial charge in [-0.05, 0) is 34.6 Å². The van der Waals surface area contributed by atoms with E-state index in [2.05, 4.69) is 25.9 Å². The van der Waals surface area contributed by atoms with Crippen LogP contribution in [0.15, 0.2) is 12.4 Å². The molecular weight excluding hydrogens is 372 g/mol. The molecule has 2 N–H and O–H groups in total. The Bertz CT molecular complexity index is 1070. The second kappa shape index (κ2) is 7.90. The van der Waals surface area contributed by atoms with E-state index in [1.807, 2.05) is 27.7 Å². The molecule has 3 heterocycles. The average molecular weight is 398 g/mol. The van der Waals surface area contributed by atoms with Crippen LogP contribution in [-0.2, 0) is 20.1 Å². The Hall–Kier alpha value is -3.43. The summed E-state index contributed by atoms with van der Waals surface area (Å²) in [4.78, 5) is 25.9. The van der Waals surface area contributed by atoms with Gasteiger partial charge >= 0.3 is 0 Å². The van der Waals surface area contributed by atoms with Crippen molar-refractivity contribution in [3.63, 3.8) is 0 Å². The molecule has 0 aliphatic heterocycles. The first-order valence-electron chi connectivity index (χ1n) is 9.49. The third-order valence-electron chi connectivity index (χ3n) is 4.99. The molecule has 29 heavy (non-hydrogen) atoms. The molecule has 154 valence electrons. The molecule has 0 aromatic carbocycles. The Morgan fingerprint density at radius 1 is 0.897 bits per heavy atom. The van der Waals surface area contributed by atoms with Gasteiger partial charge in [0, 0.05) is 25.8 Å². The molecule has 0 radical (unpaired) electrons. The van der Waals surface area contributed by atoms with Crippen LogP contribution in [0, 0.1) is 20.8 Å². The molecule has 0 saturated carbocycles. The summed E-state index contributed by atoms with van der Waals surface area (Å²) in [5, 5.41) is 18.4. The molecule has 0 unspecified atom stereocenters. The Labute approximate surface area is 168 Å². The SMILES string of the molecule is CCn1nc(C)c(C(=O)Nc2cnn(CC)c2C(=O)Nc2cnn(C)c2C)c1C. The Morgan fingerprint density at radius 3 is 2.07 bits per heavy atom. The summed E-state index contributed by atoms with van der Waals surface area (Å²) in [5.74, 6) is -0.685. The van der Waals surface area contributed by atoms with Crippen molar-refractivity contribution in [1.82, 2.24) is 29.3 Å². The quantitative estimate of drug-likeness (QED) is 0.662. The van der Waals surface area contributed by atoms with Crippen LogP contribution in [0.4, 0.5) is 11.4 Å². The van der Waals surface area contributed by atoms with E-state index in [-0.39, 0.29) is 17.5 Å². The second-order valence-electron chi connectivity index (χ2n) is 6.76. The number of anilines is 2. The first kappa shape index (κ1) is 20.3. The summed E-state index contributed by atoms with van der Waals surface area (Å²) in [6, 6.07) is 0. The topological polar surface area (TPSA) is 112 Å².